The average molecular weight is 453 g/mol. The maximum atomic E-state index is 13.6. The van der Waals surface area contributed by atoms with Crippen LogP contribution in [0.5, 0.6) is 0 Å². The van der Waals surface area contributed by atoms with Crippen LogP contribution in [0.4, 0.5) is 0 Å². The van der Waals surface area contributed by atoms with E-state index >= 15 is 0 Å². The Morgan fingerprint density at radius 1 is 0.906 bits per heavy atom. The lowest BCUT2D eigenvalue weighted by atomic mass is 9.81. The minimum Gasteiger partial charge on any atom is -0.292 e. The number of hydrazine groups is 1. The van der Waals surface area contributed by atoms with Gasteiger partial charge in [-0.05, 0) is 51.0 Å². The first-order valence-corrected chi connectivity index (χ1v) is 11.2. The van der Waals surface area contributed by atoms with Gasteiger partial charge >= 0.3 is 0 Å². The van der Waals surface area contributed by atoms with Crippen LogP contribution in [0.25, 0.3) is 0 Å². The van der Waals surface area contributed by atoms with Crippen molar-refractivity contribution in [3.63, 3.8) is 0 Å². The number of hydrogen-bond acceptors (Lipinski definition) is 4. The standard InChI is InChI=1S/C25H25ClN2O4/c1-15-7-9-17(10-8-15)22(29)16(2)27(23(30)18-11-13-19(26)14-12-18)28-24(31)20-5-3-4-6-21(20)25(28)32/h7-14,16,20-21H,3-6H2,1-2H3/t16-,20-,21-/m0/s1. The number of aryl methyl sites for hydroxylation is 1. The lowest BCUT2D eigenvalue weighted by molar-refractivity contribution is -0.156. The molecule has 0 unspecified atom stereocenters. The molecule has 32 heavy (non-hydrogen) atoms. The van der Waals surface area contributed by atoms with Gasteiger partial charge in [-0.3, -0.25) is 19.2 Å². The van der Waals surface area contributed by atoms with Crippen LogP contribution >= 0.6 is 11.6 Å². The number of carbonyl (C=O) groups excluding carboxylic acids is 4. The van der Waals surface area contributed by atoms with Gasteiger partial charge in [0.05, 0.1) is 11.8 Å². The largest absolute Gasteiger partial charge is 0.292 e. The lowest BCUT2D eigenvalue weighted by Crippen LogP contribution is -2.56. The van der Waals surface area contributed by atoms with E-state index in [-0.39, 0.29) is 11.3 Å². The third kappa shape index (κ3) is 3.95. The van der Waals surface area contributed by atoms with Crippen LogP contribution in [-0.4, -0.2) is 39.6 Å². The Balaban J connectivity index is 1.74. The maximum absolute atomic E-state index is 13.6. The molecule has 1 aliphatic carbocycles. The number of rotatable bonds is 5. The number of nitrogens with zero attached hydrogens (tertiary/aromatic N) is 2. The number of imide groups is 1. The number of hydrogen-bond donors (Lipinski definition) is 0. The number of halogens is 1. The van der Waals surface area contributed by atoms with Crippen molar-refractivity contribution in [3.05, 3.63) is 70.2 Å². The monoisotopic (exact) mass is 452 g/mol. The molecule has 1 heterocycles. The molecule has 0 bridgehead atoms. The molecule has 0 N–H and O–H groups in total. The summed E-state index contributed by atoms with van der Waals surface area (Å²) in [4.78, 5) is 53.4. The van der Waals surface area contributed by atoms with Crippen LogP contribution < -0.4 is 0 Å². The van der Waals surface area contributed by atoms with E-state index in [1.165, 1.54) is 12.1 Å². The van der Waals surface area contributed by atoms with Gasteiger partial charge in [0, 0.05) is 16.1 Å². The summed E-state index contributed by atoms with van der Waals surface area (Å²) >= 11 is 5.96. The highest BCUT2D eigenvalue weighted by Gasteiger charge is 2.53. The quantitative estimate of drug-likeness (QED) is 0.496. The molecule has 6 nitrogen and oxygen atoms in total. The van der Waals surface area contributed by atoms with Crippen molar-refractivity contribution in [1.82, 2.24) is 10.0 Å². The molecule has 0 spiro atoms. The fraction of sp³-hybridized carbons (Fsp3) is 0.360. The van der Waals surface area contributed by atoms with Crippen molar-refractivity contribution in [2.24, 2.45) is 11.8 Å². The highest BCUT2D eigenvalue weighted by Crippen LogP contribution is 2.39. The summed E-state index contributed by atoms with van der Waals surface area (Å²) in [6.07, 6.45) is 2.98. The summed E-state index contributed by atoms with van der Waals surface area (Å²) in [5, 5.41) is 2.44. The molecule has 1 saturated carbocycles. The van der Waals surface area contributed by atoms with Crippen molar-refractivity contribution < 1.29 is 19.2 Å². The molecule has 2 aromatic carbocycles. The molecule has 7 heteroatoms. The van der Waals surface area contributed by atoms with Crippen LogP contribution in [-0.2, 0) is 9.59 Å². The van der Waals surface area contributed by atoms with Crippen LogP contribution in [0.2, 0.25) is 5.02 Å². The topological polar surface area (TPSA) is 74.8 Å². The van der Waals surface area contributed by atoms with E-state index in [0.717, 1.165) is 28.4 Å². The summed E-state index contributed by atoms with van der Waals surface area (Å²) in [6.45, 7) is 3.47. The second-order valence-corrected chi connectivity index (χ2v) is 8.99. The molecule has 1 aliphatic heterocycles. The van der Waals surface area contributed by atoms with E-state index in [1.807, 2.05) is 19.1 Å². The first-order valence-electron chi connectivity index (χ1n) is 10.9. The molecule has 2 aliphatic rings. The highest BCUT2D eigenvalue weighted by atomic mass is 35.5. The number of amides is 3. The van der Waals surface area contributed by atoms with Crippen LogP contribution in [0, 0.1) is 18.8 Å². The fourth-order valence-electron chi connectivity index (χ4n) is 4.59. The normalized spacial score (nSPS) is 21.3. The molecule has 4 rings (SSSR count). The summed E-state index contributed by atoms with van der Waals surface area (Å²) in [5.41, 5.74) is 1.65. The number of fused-ring (bicyclic) bond motifs is 1. The first kappa shape index (κ1) is 22.2. The SMILES string of the molecule is Cc1ccc(C(=O)[C@H](C)N(C(=O)c2ccc(Cl)cc2)N2C(=O)[C@H]3CCCC[C@@H]3C2=O)cc1. The number of benzene rings is 2. The average Bonchev–Trinajstić information content (AvgIpc) is 3.05. The summed E-state index contributed by atoms with van der Waals surface area (Å²) < 4.78 is 0. The van der Waals surface area contributed by atoms with Crippen molar-refractivity contribution in [1.29, 1.82) is 0 Å². The Labute approximate surface area is 192 Å². The first-order chi connectivity index (χ1) is 15.3. The molecule has 2 fully saturated rings. The van der Waals surface area contributed by atoms with Crippen molar-refractivity contribution in [3.8, 4) is 0 Å². The summed E-state index contributed by atoms with van der Waals surface area (Å²) in [5.74, 6) is -2.59. The van der Waals surface area contributed by atoms with E-state index < -0.39 is 35.6 Å². The van der Waals surface area contributed by atoms with Gasteiger partial charge in [0.1, 0.15) is 6.04 Å². The Hall–Kier alpha value is -2.99. The second-order valence-electron chi connectivity index (χ2n) is 8.55. The van der Waals surface area contributed by atoms with Gasteiger partial charge in [0.15, 0.2) is 5.78 Å². The molecule has 3 amide bonds. The van der Waals surface area contributed by atoms with Gasteiger partial charge in [0.25, 0.3) is 17.7 Å². The number of carbonyl (C=O) groups is 4. The lowest BCUT2D eigenvalue weighted by Gasteiger charge is -2.34. The predicted octanol–water partition coefficient (Wildman–Crippen LogP) is 4.45. The number of ketones is 1. The van der Waals surface area contributed by atoms with Gasteiger partial charge in [-0.2, -0.15) is 5.01 Å². The molecular weight excluding hydrogens is 428 g/mol. The minimum absolute atomic E-state index is 0.244. The Bertz CT molecular complexity index is 1040. The van der Waals surface area contributed by atoms with Gasteiger partial charge in [-0.25, -0.2) is 5.01 Å². The Kier molecular flexibility index (Phi) is 6.15. The van der Waals surface area contributed by atoms with E-state index in [0.29, 0.717) is 23.4 Å². The van der Waals surface area contributed by atoms with Crippen molar-refractivity contribution in [2.75, 3.05) is 0 Å². The van der Waals surface area contributed by atoms with Crippen LogP contribution in [0.3, 0.4) is 0 Å². The second kappa shape index (κ2) is 8.87. The minimum atomic E-state index is -1.05. The smallest absolute Gasteiger partial charge is 0.273 e. The van der Waals surface area contributed by atoms with Crippen molar-refractivity contribution in [2.45, 2.75) is 45.6 Å². The van der Waals surface area contributed by atoms with Gasteiger partial charge < -0.3 is 0 Å². The van der Waals surface area contributed by atoms with Gasteiger partial charge in [-0.15, -0.1) is 0 Å². The van der Waals surface area contributed by atoms with E-state index in [4.69, 9.17) is 11.6 Å². The highest BCUT2D eigenvalue weighted by molar-refractivity contribution is 6.30. The third-order valence-electron chi connectivity index (χ3n) is 6.41. The molecule has 1 saturated heterocycles. The van der Waals surface area contributed by atoms with Gasteiger partial charge in [0.2, 0.25) is 0 Å². The zero-order valence-electron chi connectivity index (χ0n) is 18.1. The summed E-state index contributed by atoms with van der Waals surface area (Å²) in [6, 6.07) is 12.1. The van der Waals surface area contributed by atoms with E-state index in [9.17, 15) is 19.2 Å². The zero-order chi connectivity index (χ0) is 23.0. The Morgan fingerprint density at radius 3 is 1.94 bits per heavy atom. The van der Waals surface area contributed by atoms with E-state index in [2.05, 4.69) is 0 Å². The molecule has 166 valence electrons. The number of Topliss-reactive ketones (excluding diaryl/α,β-unsaturated/α-hetero) is 1. The molecule has 0 aromatic heterocycles. The zero-order valence-corrected chi connectivity index (χ0v) is 18.8. The summed E-state index contributed by atoms with van der Waals surface area (Å²) in [7, 11) is 0. The molecule has 3 atom stereocenters. The Morgan fingerprint density at radius 2 is 1.41 bits per heavy atom. The molecular formula is C25H25ClN2O4. The van der Waals surface area contributed by atoms with Crippen molar-refractivity contribution >= 4 is 35.1 Å². The molecule has 0 radical (unpaired) electrons. The van der Waals surface area contributed by atoms with Crippen LogP contribution in [0.15, 0.2) is 48.5 Å². The van der Waals surface area contributed by atoms with Gasteiger partial charge in [-0.1, -0.05) is 54.3 Å². The fourth-order valence-corrected chi connectivity index (χ4v) is 4.72. The molecule has 2 aromatic rings. The van der Waals surface area contributed by atoms with E-state index in [1.54, 1.807) is 31.2 Å². The predicted molar refractivity (Wildman–Crippen MR) is 120 cm³/mol. The third-order valence-corrected chi connectivity index (χ3v) is 6.67. The maximum Gasteiger partial charge on any atom is 0.273 e. The van der Waals surface area contributed by atoms with Crippen LogP contribution in [0.1, 0.15) is 58.9 Å².